The van der Waals surface area contributed by atoms with E-state index in [-0.39, 0.29) is 23.7 Å². The average molecular weight is 438 g/mol. The minimum atomic E-state index is -0.0642. The van der Waals surface area contributed by atoms with Crippen LogP contribution >= 0.6 is 34.5 Å². The van der Waals surface area contributed by atoms with Crippen molar-refractivity contribution in [1.82, 2.24) is 9.88 Å². The van der Waals surface area contributed by atoms with Gasteiger partial charge in [-0.25, -0.2) is 4.98 Å². The number of anilines is 1. The fraction of sp³-hybridized carbons (Fsp3) is 0.450. The van der Waals surface area contributed by atoms with E-state index < -0.39 is 0 Å². The van der Waals surface area contributed by atoms with Gasteiger partial charge in [-0.3, -0.25) is 9.59 Å². The molecule has 8 heteroatoms. The van der Waals surface area contributed by atoms with Crippen molar-refractivity contribution in [2.75, 3.05) is 18.4 Å². The number of aromatic nitrogens is 1. The second-order valence-electron chi connectivity index (χ2n) is 7.42. The number of rotatable bonds is 5. The van der Waals surface area contributed by atoms with Crippen LogP contribution in [0.4, 0.5) is 5.13 Å². The zero-order valence-corrected chi connectivity index (χ0v) is 17.6. The number of nitrogens with zero attached hydrogens (tertiary/aromatic N) is 2. The smallest absolute Gasteiger partial charge is 0.229 e. The molecule has 2 fully saturated rings. The molecule has 0 atom stereocenters. The van der Waals surface area contributed by atoms with Gasteiger partial charge in [0, 0.05) is 42.4 Å². The van der Waals surface area contributed by atoms with Gasteiger partial charge < -0.3 is 10.2 Å². The molecular weight excluding hydrogens is 417 g/mol. The summed E-state index contributed by atoms with van der Waals surface area (Å²) in [6, 6.07) is 5.56. The predicted octanol–water partition coefficient (Wildman–Crippen LogP) is 4.63. The highest BCUT2D eigenvalue weighted by molar-refractivity contribution is 7.15. The molecule has 1 saturated heterocycles. The first-order chi connectivity index (χ1) is 13.5. The van der Waals surface area contributed by atoms with Gasteiger partial charge >= 0.3 is 0 Å². The van der Waals surface area contributed by atoms with Crippen LogP contribution in [0.25, 0.3) is 0 Å². The molecule has 0 bridgehead atoms. The zero-order valence-electron chi connectivity index (χ0n) is 15.3. The molecule has 1 aliphatic heterocycles. The molecule has 148 valence electrons. The lowest BCUT2D eigenvalue weighted by atomic mass is 9.95. The maximum Gasteiger partial charge on any atom is 0.229 e. The maximum atomic E-state index is 12.6. The zero-order chi connectivity index (χ0) is 19.7. The van der Waals surface area contributed by atoms with Crippen molar-refractivity contribution in [1.29, 1.82) is 0 Å². The third kappa shape index (κ3) is 4.67. The first-order valence-corrected chi connectivity index (χ1v) is 11.0. The Labute approximate surface area is 178 Å². The first-order valence-electron chi connectivity index (χ1n) is 9.48. The van der Waals surface area contributed by atoms with E-state index in [1.54, 1.807) is 12.3 Å². The summed E-state index contributed by atoms with van der Waals surface area (Å²) in [7, 11) is 0. The van der Waals surface area contributed by atoms with Crippen LogP contribution in [0.2, 0.25) is 10.0 Å². The fourth-order valence-corrected chi connectivity index (χ4v) is 4.63. The summed E-state index contributed by atoms with van der Waals surface area (Å²) in [5.41, 5.74) is 1.05. The number of carbonyl (C=O) groups excluding carboxylic acids is 2. The summed E-state index contributed by atoms with van der Waals surface area (Å²) in [4.78, 5) is 32.0. The Bertz CT molecular complexity index is 889. The molecule has 0 radical (unpaired) electrons. The van der Waals surface area contributed by atoms with Gasteiger partial charge in [0.05, 0.1) is 10.0 Å². The van der Waals surface area contributed by atoms with Crippen molar-refractivity contribution in [2.24, 2.45) is 11.8 Å². The number of nitrogens with one attached hydrogen (secondary N) is 1. The second-order valence-corrected chi connectivity index (χ2v) is 9.35. The summed E-state index contributed by atoms with van der Waals surface area (Å²) < 4.78 is 0. The Morgan fingerprint density at radius 3 is 2.54 bits per heavy atom. The molecule has 2 aliphatic rings. The molecule has 1 aromatic carbocycles. The number of hydrogen-bond acceptors (Lipinski definition) is 4. The van der Waals surface area contributed by atoms with Gasteiger partial charge in [-0.15, -0.1) is 11.3 Å². The number of piperidine rings is 1. The Hall–Kier alpha value is -1.63. The van der Waals surface area contributed by atoms with Crippen LogP contribution < -0.4 is 5.32 Å². The minimum absolute atomic E-state index is 0.00559. The number of benzene rings is 1. The summed E-state index contributed by atoms with van der Waals surface area (Å²) >= 11 is 13.5. The van der Waals surface area contributed by atoms with Crippen molar-refractivity contribution < 1.29 is 9.59 Å². The molecular formula is C20H21Cl2N3O2S. The predicted molar refractivity (Wildman–Crippen MR) is 112 cm³/mol. The van der Waals surface area contributed by atoms with Gasteiger partial charge in [-0.05, 0) is 43.4 Å². The number of halogens is 2. The molecule has 0 spiro atoms. The molecule has 2 aromatic rings. The number of thiazole rings is 1. The lowest BCUT2D eigenvalue weighted by Gasteiger charge is -2.31. The van der Waals surface area contributed by atoms with E-state index >= 15 is 0 Å². The Morgan fingerprint density at radius 1 is 1.11 bits per heavy atom. The van der Waals surface area contributed by atoms with Crippen LogP contribution in [0, 0.1) is 11.8 Å². The molecule has 1 aromatic heterocycles. The van der Waals surface area contributed by atoms with E-state index in [2.05, 4.69) is 10.3 Å². The number of amides is 2. The highest BCUT2D eigenvalue weighted by Gasteiger charge is 2.36. The highest BCUT2D eigenvalue weighted by atomic mass is 35.5. The summed E-state index contributed by atoms with van der Waals surface area (Å²) in [5.74, 6) is 0.444. The topological polar surface area (TPSA) is 62.3 Å². The Balaban J connectivity index is 1.29. The minimum Gasteiger partial charge on any atom is -0.342 e. The van der Waals surface area contributed by atoms with Crippen LogP contribution in [-0.2, 0) is 16.0 Å². The largest absolute Gasteiger partial charge is 0.342 e. The van der Waals surface area contributed by atoms with E-state index in [1.165, 1.54) is 11.3 Å². The Kier molecular flexibility index (Phi) is 5.90. The van der Waals surface area contributed by atoms with Gasteiger partial charge in [0.25, 0.3) is 0 Å². The molecule has 1 aliphatic carbocycles. The van der Waals surface area contributed by atoms with E-state index in [9.17, 15) is 9.59 Å². The molecule has 1 N–H and O–H groups in total. The van der Waals surface area contributed by atoms with Crippen LogP contribution in [-0.4, -0.2) is 34.8 Å². The SMILES string of the molecule is O=C(Nc1ncc(Cc2ccc(Cl)c(Cl)c2)s1)C1CCN(C(=O)C2CC2)CC1. The van der Waals surface area contributed by atoms with Crippen molar-refractivity contribution in [2.45, 2.75) is 32.1 Å². The maximum absolute atomic E-state index is 12.6. The molecule has 2 heterocycles. The van der Waals surface area contributed by atoms with E-state index in [4.69, 9.17) is 23.2 Å². The first kappa shape index (κ1) is 19.7. The normalized spacial score (nSPS) is 17.6. The van der Waals surface area contributed by atoms with Crippen molar-refractivity contribution >= 4 is 51.5 Å². The molecule has 1 saturated carbocycles. The lowest BCUT2D eigenvalue weighted by Crippen LogP contribution is -2.42. The summed E-state index contributed by atoms with van der Waals surface area (Å²) in [5, 5.41) is 4.61. The van der Waals surface area contributed by atoms with Crippen LogP contribution in [0.15, 0.2) is 24.4 Å². The second kappa shape index (κ2) is 8.39. The van der Waals surface area contributed by atoms with Crippen molar-refractivity contribution in [3.63, 3.8) is 0 Å². The van der Waals surface area contributed by atoms with E-state index in [0.29, 0.717) is 47.5 Å². The molecule has 5 nitrogen and oxygen atoms in total. The van der Waals surface area contributed by atoms with Crippen molar-refractivity contribution in [3.05, 3.63) is 44.9 Å². The number of carbonyl (C=O) groups is 2. The monoisotopic (exact) mass is 437 g/mol. The average Bonchev–Trinajstić information content (AvgIpc) is 3.45. The molecule has 0 unspecified atom stereocenters. The number of likely N-dealkylation sites (tertiary alicyclic amines) is 1. The molecule has 2 amide bonds. The van der Waals surface area contributed by atoms with Gasteiger partial charge in [-0.1, -0.05) is 29.3 Å². The number of hydrogen-bond donors (Lipinski definition) is 1. The van der Waals surface area contributed by atoms with Gasteiger partial charge in [-0.2, -0.15) is 0 Å². The van der Waals surface area contributed by atoms with Crippen LogP contribution in [0.3, 0.4) is 0 Å². The fourth-order valence-electron chi connectivity index (χ4n) is 3.46. The van der Waals surface area contributed by atoms with Crippen LogP contribution in [0.1, 0.15) is 36.1 Å². The standard InChI is InChI=1S/C20H21Cl2N3O2S/c21-16-4-1-12(10-17(16)22)9-15-11-23-20(28-15)24-18(26)13-5-7-25(8-6-13)19(27)14-2-3-14/h1,4,10-11,13-14H,2-3,5-9H2,(H,23,24,26). The molecule has 4 rings (SSSR count). The quantitative estimate of drug-likeness (QED) is 0.741. The Morgan fingerprint density at radius 2 is 1.86 bits per heavy atom. The molecule has 28 heavy (non-hydrogen) atoms. The third-order valence-electron chi connectivity index (χ3n) is 5.25. The summed E-state index contributed by atoms with van der Waals surface area (Å²) in [6.45, 7) is 1.35. The highest BCUT2D eigenvalue weighted by Crippen LogP contribution is 2.33. The van der Waals surface area contributed by atoms with Gasteiger partial charge in [0.15, 0.2) is 5.13 Å². The van der Waals surface area contributed by atoms with Crippen LogP contribution in [0.5, 0.6) is 0 Å². The lowest BCUT2D eigenvalue weighted by molar-refractivity contribution is -0.135. The van der Waals surface area contributed by atoms with E-state index in [0.717, 1.165) is 23.3 Å². The van der Waals surface area contributed by atoms with E-state index in [1.807, 2.05) is 17.0 Å². The van der Waals surface area contributed by atoms with Gasteiger partial charge in [0.1, 0.15) is 0 Å². The van der Waals surface area contributed by atoms with Crippen molar-refractivity contribution in [3.8, 4) is 0 Å². The summed E-state index contributed by atoms with van der Waals surface area (Å²) in [6.07, 6.45) is 5.94. The van der Waals surface area contributed by atoms with Gasteiger partial charge in [0.2, 0.25) is 11.8 Å². The third-order valence-corrected chi connectivity index (χ3v) is 6.90.